The molecule has 3 N–H and O–H groups in total. The number of benzene rings is 1. The van der Waals surface area contributed by atoms with Gasteiger partial charge in [-0.2, -0.15) is 0 Å². The van der Waals surface area contributed by atoms with Gasteiger partial charge in [-0.3, -0.25) is 4.99 Å². The van der Waals surface area contributed by atoms with E-state index in [0.717, 1.165) is 38.5 Å². The minimum Gasteiger partial charge on any atom is -0.396 e. The van der Waals surface area contributed by atoms with E-state index in [1.54, 1.807) is 0 Å². The molecule has 5 heteroatoms. The van der Waals surface area contributed by atoms with Crippen LogP contribution in [0.15, 0.2) is 29.3 Å². The van der Waals surface area contributed by atoms with Crippen molar-refractivity contribution in [1.29, 1.82) is 0 Å². The van der Waals surface area contributed by atoms with Gasteiger partial charge in [0.25, 0.3) is 0 Å². The molecule has 1 atom stereocenters. The Kier molecular flexibility index (Phi) is 8.18. The van der Waals surface area contributed by atoms with Gasteiger partial charge < -0.3 is 20.5 Å². The summed E-state index contributed by atoms with van der Waals surface area (Å²) in [5.74, 6) is 1.45. The van der Waals surface area contributed by atoms with Crippen molar-refractivity contribution in [1.82, 2.24) is 10.6 Å². The molecule has 5 nitrogen and oxygen atoms in total. The van der Waals surface area contributed by atoms with Crippen LogP contribution < -0.4 is 10.6 Å². The second-order valence-corrected chi connectivity index (χ2v) is 9.59. The topological polar surface area (TPSA) is 65.9 Å². The molecule has 0 spiro atoms. The third-order valence-electron chi connectivity index (χ3n) is 7.09. The van der Waals surface area contributed by atoms with Crippen LogP contribution in [0.4, 0.5) is 0 Å². The molecule has 2 aliphatic rings. The number of guanidine groups is 1. The second kappa shape index (κ2) is 10.6. The number of nitrogens with one attached hydrogen (secondary N) is 2. The molecule has 168 valence electrons. The monoisotopic (exact) mass is 415 g/mol. The Morgan fingerprint density at radius 2 is 1.87 bits per heavy atom. The van der Waals surface area contributed by atoms with Gasteiger partial charge >= 0.3 is 0 Å². The lowest BCUT2D eigenvalue weighted by Gasteiger charge is -2.31. The van der Waals surface area contributed by atoms with Gasteiger partial charge in [-0.1, -0.05) is 51.0 Å². The van der Waals surface area contributed by atoms with Gasteiger partial charge in [-0.05, 0) is 49.7 Å². The highest BCUT2D eigenvalue weighted by Crippen LogP contribution is 2.41. The van der Waals surface area contributed by atoms with Gasteiger partial charge in [-0.15, -0.1) is 0 Å². The van der Waals surface area contributed by atoms with Crippen LogP contribution in [0.5, 0.6) is 0 Å². The maximum atomic E-state index is 9.49. The molecule has 1 aliphatic carbocycles. The first-order valence-electron chi connectivity index (χ1n) is 11.8. The summed E-state index contributed by atoms with van der Waals surface area (Å²) in [6.45, 7) is 10.7. The molecule has 1 saturated heterocycles. The van der Waals surface area contributed by atoms with Gasteiger partial charge in [0.15, 0.2) is 5.96 Å². The standard InChI is InChI=1S/C25H41N3O2/c1-4-26-23(27-17-24(13-15-29)14-16-30-19-24)28-18-25(11-5-6-12-25)22-9-7-21(8-10-22)20(2)3/h7-10,20,29H,4-6,11-19H2,1-3H3,(H2,26,27,28). The highest BCUT2D eigenvalue weighted by molar-refractivity contribution is 5.80. The molecule has 3 rings (SSSR count). The van der Waals surface area contributed by atoms with E-state index in [2.05, 4.69) is 55.7 Å². The SMILES string of the molecule is CCNC(=NCC1(CCO)CCOC1)NCC1(c2ccc(C(C)C)cc2)CCCC1. The minimum absolute atomic E-state index is 0.0190. The van der Waals surface area contributed by atoms with E-state index in [1.165, 1.54) is 36.8 Å². The molecule has 0 amide bonds. The zero-order chi connectivity index (χ0) is 21.5. The van der Waals surface area contributed by atoms with Crippen LogP contribution in [-0.4, -0.2) is 50.5 Å². The molecule has 1 saturated carbocycles. The van der Waals surface area contributed by atoms with Gasteiger partial charge in [-0.25, -0.2) is 0 Å². The third-order valence-corrected chi connectivity index (χ3v) is 7.09. The summed E-state index contributed by atoms with van der Waals surface area (Å²) in [5.41, 5.74) is 3.02. The number of nitrogens with zero attached hydrogens (tertiary/aromatic N) is 1. The van der Waals surface area contributed by atoms with E-state index >= 15 is 0 Å². The molecule has 0 aromatic heterocycles. The van der Waals surface area contributed by atoms with Crippen molar-refractivity contribution >= 4 is 5.96 Å². The maximum Gasteiger partial charge on any atom is 0.191 e. The number of ether oxygens (including phenoxy) is 1. The molecule has 1 aromatic carbocycles. The van der Waals surface area contributed by atoms with Crippen LogP contribution in [0.25, 0.3) is 0 Å². The molecule has 2 fully saturated rings. The zero-order valence-corrected chi connectivity index (χ0v) is 19.2. The fourth-order valence-electron chi connectivity index (χ4n) is 4.97. The van der Waals surface area contributed by atoms with Crippen LogP contribution in [0.1, 0.15) is 76.3 Å². The van der Waals surface area contributed by atoms with Crippen molar-refractivity contribution in [2.45, 2.75) is 70.6 Å². The predicted molar refractivity (Wildman–Crippen MR) is 124 cm³/mol. The Morgan fingerprint density at radius 1 is 1.13 bits per heavy atom. The quantitative estimate of drug-likeness (QED) is 0.422. The first-order chi connectivity index (χ1) is 14.5. The lowest BCUT2D eigenvalue weighted by Crippen LogP contribution is -2.45. The normalized spacial score (nSPS) is 23.8. The maximum absolute atomic E-state index is 9.49. The fourth-order valence-corrected chi connectivity index (χ4v) is 4.97. The number of aliphatic hydroxyl groups is 1. The molecule has 0 radical (unpaired) electrons. The lowest BCUT2D eigenvalue weighted by atomic mass is 9.78. The molecule has 30 heavy (non-hydrogen) atoms. The van der Waals surface area contributed by atoms with E-state index < -0.39 is 0 Å². The summed E-state index contributed by atoms with van der Waals surface area (Å²) >= 11 is 0. The van der Waals surface area contributed by atoms with Crippen molar-refractivity contribution in [3.8, 4) is 0 Å². The van der Waals surface area contributed by atoms with E-state index in [0.29, 0.717) is 19.1 Å². The number of rotatable bonds is 9. The second-order valence-electron chi connectivity index (χ2n) is 9.59. The molecule has 1 aliphatic heterocycles. The van der Waals surface area contributed by atoms with Crippen molar-refractivity contribution in [2.24, 2.45) is 10.4 Å². The zero-order valence-electron chi connectivity index (χ0n) is 19.2. The Balaban J connectivity index is 1.70. The average Bonchev–Trinajstić information content (AvgIpc) is 3.41. The summed E-state index contributed by atoms with van der Waals surface area (Å²) in [6.07, 6.45) is 6.76. The van der Waals surface area contributed by atoms with Crippen molar-refractivity contribution in [2.75, 3.05) is 39.5 Å². The molecule has 0 bridgehead atoms. The number of hydrogen-bond acceptors (Lipinski definition) is 3. The molecular formula is C25H41N3O2. The molecule has 1 aromatic rings. The number of hydrogen-bond donors (Lipinski definition) is 3. The lowest BCUT2D eigenvalue weighted by molar-refractivity contribution is 0.131. The van der Waals surface area contributed by atoms with Gasteiger partial charge in [0.05, 0.1) is 13.2 Å². The average molecular weight is 416 g/mol. The fraction of sp³-hybridized carbons (Fsp3) is 0.720. The highest BCUT2D eigenvalue weighted by Gasteiger charge is 2.36. The van der Waals surface area contributed by atoms with Gasteiger partial charge in [0.1, 0.15) is 0 Å². The summed E-state index contributed by atoms with van der Waals surface area (Å²) < 4.78 is 5.63. The summed E-state index contributed by atoms with van der Waals surface area (Å²) in [5, 5.41) is 16.6. The Labute approximate surface area is 182 Å². The van der Waals surface area contributed by atoms with Crippen LogP contribution in [0.3, 0.4) is 0 Å². The van der Waals surface area contributed by atoms with E-state index in [4.69, 9.17) is 9.73 Å². The summed E-state index contributed by atoms with van der Waals surface area (Å²) in [4.78, 5) is 4.91. The first-order valence-corrected chi connectivity index (χ1v) is 11.8. The van der Waals surface area contributed by atoms with Crippen LogP contribution in [0.2, 0.25) is 0 Å². The number of aliphatic imine (C=N–C) groups is 1. The van der Waals surface area contributed by atoms with Crippen molar-refractivity contribution in [3.63, 3.8) is 0 Å². The Morgan fingerprint density at radius 3 is 2.43 bits per heavy atom. The number of aliphatic hydroxyl groups excluding tert-OH is 1. The van der Waals surface area contributed by atoms with Crippen LogP contribution in [-0.2, 0) is 10.2 Å². The first kappa shape index (κ1) is 23.1. The smallest absolute Gasteiger partial charge is 0.191 e. The Bertz CT molecular complexity index is 672. The van der Waals surface area contributed by atoms with Crippen LogP contribution >= 0.6 is 0 Å². The third kappa shape index (κ3) is 5.55. The molecule has 1 unspecified atom stereocenters. The Hall–Kier alpha value is -1.59. The van der Waals surface area contributed by atoms with Crippen LogP contribution in [0, 0.1) is 5.41 Å². The molecule has 1 heterocycles. The summed E-state index contributed by atoms with van der Waals surface area (Å²) in [6, 6.07) is 9.30. The van der Waals surface area contributed by atoms with E-state index in [1.807, 2.05) is 0 Å². The highest BCUT2D eigenvalue weighted by atomic mass is 16.5. The minimum atomic E-state index is -0.0190. The van der Waals surface area contributed by atoms with Crippen molar-refractivity contribution in [3.05, 3.63) is 35.4 Å². The van der Waals surface area contributed by atoms with Gasteiger partial charge in [0, 0.05) is 37.1 Å². The van der Waals surface area contributed by atoms with E-state index in [-0.39, 0.29) is 17.4 Å². The summed E-state index contributed by atoms with van der Waals surface area (Å²) in [7, 11) is 0. The largest absolute Gasteiger partial charge is 0.396 e. The predicted octanol–water partition coefficient (Wildman–Crippen LogP) is 3.97. The molecular weight excluding hydrogens is 374 g/mol. The van der Waals surface area contributed by atoms with Gasteiger partial charge in [0.2, 0.25) is 0 Å². The van der Waals surface area contributed by atoms with E-state index in [9.17, 15) is 5.11 Å². The van der Waals surface area contributed by atoms with Crippen molar-refractivity contribution < 1.29 is 9.84 Å².